The zero-order chi connectivity index (χ0) is 19.8. The number of phenolic OH excluding ortho intramolecular Hbond substituents is 1. The van der Waals surface area contributed by atoms with Crippen LogP contribution in [0, 0.1) is 0 Å². The molecule has 1 aromatic carbocycles. The number of nitrogens with zero attached hydrogens (tertiary/aromatic N) is 3. The molecule has 2 N–H and O–H groups in total. The molecule has 2 aromatic heterocycles. The summed E-state index contributed by atoms with van der Waals surface area (Å²) in [6.07, 6.45) is -2.38. The van der Waals surface area contributed by atoms with Crippen molar-refractivity contribution in [1.82, 2.24) is 14.9 Å². The van der Waals surface area contributed by atoms with E-state index in [4.69, 9.17) is 11.6 Å². The highest BCUT2D eigenvalue weighted by molar-refractivity contribution is 6.31. The predicted molar refractivity (Wildman–Crippen MR) is 98.3 cm³/mol. The fourth-order valence-corrected chi connectivity index (χ4v) is 2.88. The number of hydrogen-bond acceptors (Lipinski definition) is 5. The fourth-order valence-electron chi connectivity index (χ4n) is 2.64. The summed E-state index contributed by atoms with van der Waals surface area (Å²) in [5.41, 5.74) is 0.804. The van der Waals surface area contributed by atoms with Crippen LogP contribution < -0.4 is 5.32 Å². The van der Waals surface area contributed by atoms with Crippen molar-refractivity contribution in [2.24, 2.45) is 0 Å². The molecule has 0 saturated heterocycles. The molecule has 9 heteroatoms. The molecule has 5 nitrogen and oxygen atoms in total. The third-order valence-electron chi connectivity index (χ3n) is 3.81. The monoisotopic (exact) mass is 396 g/mol. The average Bonchev–Trinajstić information content (AvgIpc) is 2.57. The van der Waals surface area contributed by atoms with Crippen molar-refractivity contribution >= 4 is 34.0 Å². The molecule has 0 radical (unpaired) electrons. The number of aromatic nitrogens is 2. The Morgan fingerprint density at radius 1 is 1.15 bits per heavy atom. The third kappa shape index (κ3) is 4.23. The van der Waals surface area contributed by atoms with E-state index in [-0.39, 0.29) is 16.8 Å². The Labute approximate surface area is 158 Å². The Morgan fingerprint density at radius 2 is 1.89 bits per heavy atom. The second-order valence-corrected chi connectivity index (χ2v) is 6.71. The Kier molecular flexibility index (Phi) is 5.12. The first-order chi connectivity index (χ1) is 12.6. The smallest absolute Gasteiger partial charge is 0.417 e. The zero-order valence-corrected chi connectivity index (χ0v) is 15.2. The largest absolute Gasteiger partial charge is 0.505 e. The number of benzene rings is 1. The lowest BCUT2D eigenvalue weighted by atomic mass is 10.1. The molecular weight excluding hydrogens is 381 g/mol. The first-order valence-electron chi connectivity index (χ1n) is 7.90. The lowest BCUT2D eigenvalue weighted by molar-refractivity contribution is -0.137. The molecule has 0 unspecified atom stereocenters. The van der Waals surface area contributed by atoms with Crippen molar-refractivity contribution in [1.29, 1.82) is 0 Å². The van der Waals surface area contributed by atoms with Crippen LogP contribution in [-0.4, -0.2) is 34.1 Å². The first-order valence-corrected chi connectivity index (χ1v) is 8.28. The van der Waals surface area contributed by atoms with Crippen LogP contribution in [0.25, 0.3) is 11.0 Å². The van der Waals surface area contributed by atoms with Gasteiger partial charge in [0.1, 0.15) is 11.3 Å². The zero-order valence-electron chi connectivity index (χ0n) is 14.5. The minimum absolute atomic E-state index is 0.00461. The maximum absolute atomic E-state index is 12.9. The molecule has 3 rings (SSSR count). The lowest BCUT2D eigenvalue weighted by Crippen LogP contribution is -2.11. The van der Waals surface area contributed by atoms with Crippen LogP contribution in [0.15, 0.2) is 36.7 Å². The van der Waals surface area contributed by atoms with E-state index in [0.717, 1.165) is 12.3 Å². The maximum atomic E-state index is 12.9. The van der Waals surface area contributed by atoms with Crippen molar-refractivity contribution in [3.63, 3.8) is 0 Å². The summed E-state index contributed by atoms with van der Waals surface area (Å²) < 4.78 is 38.6. The van der Waals surface area contributed by atoms with Crippen molar-refractivity contribution in [2.75, 3.05) is 19.4 Å². The normalized spacial score (nSPS) is 12.0. The average molecular weight is 397 g/mol. The highest BCUT2D eigenvalue weighted by Gasteiger charge is 2.31. The van der Waals surface area contributed by atoms with E-state index in [0.29, 0.717) is 28.5 Å². The highest BCUT2D eigenvalue weighted by Crippen LogP contribution is 2.36. The van der Waals surface area contributed by atoms with Crippen LogP contribution in [0.4, 0.5) is 24.5 Å². The molecule has 3 aromatic rings. The number of rotatable bonds is 4. The summed E-state index contributed by atoms with van der Waals surface area (Å²) in [5.74, 6) is 0.00461. The van der Waals surface area contributed by atoms with Crippen LogP contribution in [0.5, 0.6) is 5.75 Å². The molecule has 0 saturated carbocycles. The van der Waals surface area contributed by atoms with E-state index in [1.165, 1.54) is 12.3 Å². The number of fused-ring (bicyclic) bond motifs is 1. The quantitative estimate of drug-likeness (QED) is 0.619. The number of alkyl halides is 3. The molecule has 0 aliphatic heterocycles. The minimum Gasteiger partial charge on any atom is -0.505 e. The van der Waals surface area contributed by atoms with Gasteiger partial charge in [0.2, 0.25) is 0 Å². The van der Waals surface area contributed by atoms with Gasteiger partial charge in [-0.2, -0.15) is 13.2 Å². The lowest BCUT2D eigenvalue weighted by Gasteiger charge is -2.16. The third-order valence-corrected chi connectivity index (χ3v) is 4.03. The number of hydrogen-bond donors (Lipinski definition) is 2. The van der Waals surface area contributed by atoms with Crippen LogP contribution in [0.2, 0.25) is 5.02 Å². The molecule has 0 amide bonds. The van der Waals surface area contributed by atoms with Crippen LogP contribution in [0.1, 0.15) is 11.1 Å². The Morgan fingerprint density at radius 3 is 2.56 bits per heavy atom. The van der Waals surface area contributed by atoms with Gasteiger partial charge >= 0.3 is 6.18 Å². The molecule has 0 bridgehead atoms. The number of aromatic hydroxyl groups is 1. The molecule has 27 heavy (non-hydrogen) atoms. The summed E-state index contributed by atoms with van der Waals surface area (Å²) in [5, 5.41) is 13.9. The summed E-state index contributed by atoms with van der Waals surface area (Å²) >= 11 is 6.14. The molecule has 0 aliphatic rings. The van der Waals surface area contributed by atoms with E-state index in [1.807, 2.05) is 19.0 Å². The van der Waals surface area contributed by atoms with E-state index >= 15 is 0 Å². The number of phenols is 1. The Bertz CT molecular complexity index is 992. The number of pyridine rings is 2. The van der Waals surface area contributed by atoms with Gasteiger partial charge in [-0.1, -0.05) is 11.6 Å². The summed E-state index contributed by atoms with van der Waals surface area (Å²) in [6, 6.07) is 5.68. The van der Waals surface area contributed by atoms with Gasteiger partial charge in [-0.25, -0.2) is 0 Å². The Balaban J connectivity index is 2.03. The number of nitrogens with one attached hydrogen (secondary N) is 1. The second kappa shape index (κ2) is 7.21. The van der Waals surface area contributed by atoms with E-state index in [2.05, 4.69) is 15.3 Å². The first kappa shape index (κ1) is 19.2. The predicted octanol–water partition coefficient (Wildman–Crippen LogP) is 4.81. The molecular formula is C18H16ClF3N4O. The van der Waals surface area contributed by atoms with Gasteiger partial charge in [-0.05, 0) is 38.4 Å². The standard InChI is InChI=1S/C18H16ClF3N4O/c1-26(2)9-10-5-12(19)7-15(17(10)27)25-13-3-4-23-14-6-11(18(20,21)22)8-24-16(13)14/h3-8,27H,9H2,1-2H3,(H,23,25). The van der Waals surface area contributed by atoms with E-state index in [9.17, 15) is 18.3 Å². The summed E-state index contributed by atoms with van der Waals surface area (Å²) in [7, 11) is 3.71. The van der Waals surface area contributed by atoms with Gasteiger partial charge < -0.3 is 15.3 Å². The molecule has 2 heterocycles. The summed E-state index contributed by atoms with van der Waals surface area (Å²) in [6.45, 7) is 0.464. The number of anilines is 2. The molecule has 0 spiro atoms. The van der Waals surface area contributed by atoms with Crippen molar-refractivity contribution in [3.05, 3.63) is 52.8 Å². The van der Waals surface area contributed by atoms with E-state index in [1.54, 1.807) is 12.1 Å². The second-order valence-electron chi connectivity index (χ2n) is 6.27. The van der Waals surface area contributed by atoms with Gasteiger partial charge in [0.15, 0.2) is 0 Å². The van der Waals surface area contributed by atoms with E-state index < -0.39 is 11.7 Å². The maximum Gasteiger partial charge on any atom is 0.417 e. The molecule has 0 aliphatic carbocycles. The topological polar surface area (TPSA) is 61.3 Å². The van der Waals surface area contributed by atoms with Gasteiger partial charge in [0.25, 0.3) is 0 Å². The van der Waals surface area contributed by atoms with Gasteiger partial charge in [-0.3, -0.25) is 9.97 Å². The van der Waals surface area contributed by atoms with Crippen LogP contribution in [-0.2, 0) is 12.7 Å². The highest BCUT2D eigenvalue weighted by atomic mass is 35.5. The van der Waals surface area contributed by atoms with Crippen molar-refractivity contribution in [3.8, 4) is 5.75 Å². The summed E-state index contributed by atoms with van der Waals surface area (Å²) in [4.78, 5) is 9.73. The van der Waals surface area contributed by atoms with Gasteiger partial charge in [0.05, 0.1) is 22.5 Å². The SMILES string of the molecule is CN(C)Cc1cc(Cl)cc(Nc2ccnc3cc(C(F)(F)F)cnc23)c1O. The van der Waals surface area contributed by atoms with Gasteiger partial charge in [-0.15, -0.1) is 0 Å². The molecule has 142 valence electrons. The fraction of sp³-hybridized carbons (Fsp3) is 0.222. The van der Waals surface area contributed by atoms with Crippen LogP contribution in [0.3, 0.4) is 0 Å². The van der Waals surface area contributed by atoms with Crippen molar-refractivity contribution < 1.29 is 18.3 Å². The molecule has 0 fully saturated rings. The number of halogens is 4. The van der Waals surface area contributed by atoms with Crippen molar-refractivity contribution in [2.45, 2.75) is 12.7 Å². The molecule has 0 atom stereocenters. The minimum atomic E-state index is -4.50. The Hall–Kier alpha value is -2.58. The van der Waals surface area contributed by atoms with Gasteiger partial charge in [0, 0.05) is 29.5 Å². The van der Waals surface area contributed by atoms with Crippen LogP contribution >= 0.6 is 11.6 Å².